The van der Waals surface area contributed by atoms with Crippen LogP contribution < -0.4 is 20.7 Å². The molecule has 1 spiro atoms. The van der Waals surface area contributed by atoms with Gasteiger partial charge >= 0.3 is 0 Å². The molecule has 0 radical (unpaired) electrons. The summed E-state index contributed by atoms with van der Waals surface area (Å²) in [5.41, 5.74) is 2.29. The summed E-state index contributed by atoms with van der Waals surface area (Å²) < 4.78 is 6.00. The Hall–Kier alpha value is -2.12. The standard InChI is InChI=1S/C27H38N4O2.ClH/c1-26(2,3)19-29-25(32)22-6-10-24(11-7-22)33-23-8-4-21(5-9-23)18-31-17-16-30-27(20-31)12-14-28-15-13-27;/h4-11,28,30H,12-20H2,1-3H3,(H,29,32);1H. The first-order chi connectivity index (χ1) is 15.8. The highest BCUT2D eigenvalue weighted by Gasteiger charge is 2.35. The Morgan fingerprint density at radius 1 is 1.00 bits per heavy atom. The van der Waals surface area contributed by atoms with E-state index in [4.69, 9.17) is 4.74 Å². The summed E-state index contributed by atoms with van der Waals surface area (Å²) in [6, 6.07) is 15.7. The number of carbonyl (C=O) groups is 1. The van der Waals surface area contributed by atoms with Gasteiger partial charge < -0.3 is 20.7 Å². The molecule has 0 saturated carbocycles. The third kappa shape index (κ3) is 7.44. The molecule has 0 aromatic heterocycles. The van der Waals surface area contributed by atoms with Gasteiger partial charge in [-0.15, -0.1) is 12.4 Å². The molecule has 2 aromatic rings. The third-order valence-electron chi connectivity index (χ3n) is 6.48. The molecule has 0 aliphatic carbocycles. The lowest BCUT2D eigenvalue weighted by Gasteiger charge is -2.46. The molecule has 2 fully saturated rings. The van der Waals surface area contributed by atoms with Gasteiger partial charge in [-0.2, -0.15) is 0 Å². The second-order valence-corrected chi connectivity index (χ2v) is 10.7. The van der Waals surface area contributed by atoms with E-state index in [0.717, 1.165) is 50.8 Å². The van der Waals surface area contributed by atoms with Crippen LogP contribution in [0.25, 0.3) is 0 Å². The number of piperazine rings is 1. The van der Waals surface area contributed by atoms with Crippen molar-refractivity contribution in [2.24, 2.45) is 5.41 Å². The lowest BCUT2D eigenvalue weighted by molar-refractivity contribution is 0.0939. The summed E-state index contributed by atoms with van der Waals surface area (Å²) in [5, 5.41) is 10.2. The molecule has 34 heavy (non-hydrogen) atoms. The van der Waals surface area contributed by atoms with E-state index in [1.165, 1.54) is 18.4 Å². The van der Waals surface area contributed by atoms with Crippen LogP contribution in [0, 0.1) is 5.41 Å². The average Bonchev–Trinajstić information content (AvgIpc) is 2.79. The molecule has 2 aliphatic rings. The first kappa shape index (κ1) is 26.5. The highest BCUT2D eigenvalue weighted by molar-refractivity contribution is 5.94. The minimum atomic E-state index is -0.0555. The maximum Gasteiger partial charge on any atom is 0.251 e. The zero-order valence-electron chi connectivity index (χ0n) is 20.7. The lowest BCUT2D eigenvalue weighted by Crippen LogP contribution is -2.63. The third-order valence-corrected chi connectivity index (χ3v) is 6.48. The molecule has 2 aliphatic heterocycles. The van der Waals surface area contributed by atoms with Crippen molar-refractivity contribution in [3.05, 3.63) is 59.7 Å². The van der Waals surface area contributed by atoms with Crippen LogP contribution in [0.2, 0.25) is 0 Å². The predicted molar refractivity (Wildman–Crippen MR) is 140 cm³/mol. The number of nitrogens with one attached hydrogen (secondary N) is 3. The summed E-state index contributed by atoms with van der Waals surface area (Å²) in [6.45, 7) is 13.4. The molecule has 2 saturated heterocycles. The lowest BCUT2D eigenvalue weighted by atomic mass is 9.86. The van der Waals surface area contributed by atoms with Crippen LogP contribution in [-0.4, -0.2) is 55.6 Å². The quantitative estimate of drug-likeness (QED) is 0.571. The molecule has 3 N–H and O–H groups in total. The number of halogens is 1. The van der Waals surface area contributed by atoms with Gasteiger partial charge in [-0.1, -0.05) is 32.9 Å². The summed E-state index contributed by atoms with van der Waals surface area (Å²) in [7, 11) is 0. The van der Waals surface area contributed by atoms with Crippen molar-refractivity contribution in [2.75, 3.05) is 39.3 Å². The topological polar surface area (TPSA) is 65.6 Å². The van der Waals surface area contributed by atoms with Gasteiger partial charge in [0.25, 0.3) is 5.91 Å². The van der Waals surface area contributed by atoms with Gasteiger partial charge in [-0.25, -0.2) is 0 Å². The Morgan fingerprint density at radius 3 is 2.24 bits per heavy atom. The van der Waals surface area contributed by atoms with E-state index < -0.39 is 0 Å². The normalized spacial score (nSPS) is 18.2. The van der Waals surface area contributed by atoms with Crippen molar-refractivity contribution in [2.45, 2.75) is 45.7 Å². The van der Waals surface area contributed by atoms with Crippen molar-refractivity contribution >= 4 is 18.3 Å². The van der Waals surface area contributed by atoms with Crippen molar-refractivity contribution < 1.29 is 9.53 Å². The van der Waals surface area contributed by atoms with Crippen LogP contribution >= 0.6 is 12.4 Å². The molecule has 0 bridgehead atoms. The fraction of sp³-hybridized carbons (Fsp3) is 0.519. The minimum absolute atomic E-state index is 0. The Kier molecular flexibility index (Phi) is 8.99. The first-order valence-corrected chi connectivity index (χ1v) is 12.1. The second-order valence-electron chi connectivity index (χ2n) is 10.7. The van der Waals surface area contributed by atoms with Crippen molar-refractivity contribution in [3.8, 4) is 11.5 Å². The molecule has 6 nitrogen and oxygen atoms in total. The van der Waals surface area contributed by atoms with Gasteiger partial charge in [0, 0.05) is 43.8 Å². The molecule has 2 aromatic carbocycles. The molecule has 1 amide bonds. The maximum absolute atomic E-state index is 12.3. The number of piperidine rings is 1. The van der Waals surface area contributed by atoms with Crippen LogP contribution in [0.5, 0.6) is 11.5 Å². The number of hydrogen-bond donors (Lipinski definition) is 3. The van der Waals surface area contributed by atoms with Gasteiger partial charge in [-0.05, 0) is 73.3 Å². The van der Waals surface area contributed by atoms with Crippen LogP contribution in [0.15, 0.2) is 48.5 Å². The molecule has 7 heteroatoms. The van der Waals surface area contributed by atoms with Gasteiger partial charge in [0.15, 0.2) is 0 Å². The number of nitrogens with zero attached hydrogens (tertiary/aromatic N) is 1. The number of carbonyl (C=O) groups excluding carboxylic acids is 1. The molecule has 0 atom stereocenters. The number of amides is 1. The second kappa shape index (κ2) is 11.5. The minimum Gasteiger partial charge on any atom is -0.457 e. The van der Waals surface area contributed by atoms with Crippen LogP contribution in [-0.2, 0) is 6.54 Å². The Labute approximate surface area is 210 Å². The van der Waals surface area contributed by atoms with Crippen molar-refractivity contribution in [1.82, 2.24) is 20.9 Å². The van der Waals surface area contributed by atoms with E-state index >= 15 is 0 Å². The summed E-state index contributed by atoms with van der Waals surface area (Å²) in [6.07, 6.45) is 2.40. The monoisotopic (exact) mass is 486 g/mol. The van der Waals surface area contributed by atoms with Gasteiger partial charge in [0.1, 0.15) is 11.5 Å². The molecule has 4 rings (SSSR count). The maximum atomic E-state index is 12.3. The van der Waals surface area contributed by atoms with Gasteiger partial charge in [0.05, 0.1) is 0 Å². The predicted octanol–water partition coefficient (Wildman–Crippen LogP) is 4.20. The Bertz CT molecular complexity index is 914. The molecule has 0 unspecified atom stereocenters. The highest BCUT2D eigenvalue weighted by atomic mass is 35.5. The highest BCUT2D eigenvalue weighted by Crippen LogP contribution is 2.25. The van der Waals surface area contributed by atoms with E-state index in [1.54, 1.807) is 0 Å². The largest absolute Gasteiger partial charge is 0.457 e. The summed E-state index contributed by atoms with van der Waals surface area (Å²) in [4.78, 5) is 14.9. The number of benzene rings is 2. The molecule has 186 valence electrons. The fourth-order valence-corrected chi connectivity index (χ4v) is 4.60. The number of ether oxygens (including phenoxy) is 1. The Balaban J connectivity index is 0.00000324. The van der Waals surface area contributed by atoms with Crippen LogP contribution in [0.3, 0.4) is 0 Å². The summed E-state index contributed by atoms with van der Waals surface area (Å²) >= 11 is 0. The SMILES string of the molecule is CC(C)(C)CNC(=O)c1ccc(Oc2ccc(CN3CCNC4(CCNCC4)C3)cc2)cc1.Cl. The number of rotatable bonds is 6. The van der Waals surface area contributed by atoms with E-state index in [1.807, 2.05) is 36.4 Å². The van der Waals surface area contributed by atoms with E-state index in [9.17, 15) is 4.79 Å². The molecular formula is C27H39ClN4O2. The molecule has 2 heterocycles. The van der Waals surface area contributed by atoms with Crippen molar-refractivity contribution in [3.63, 3.8) is 0 Å². The first-order valence-electron chi connectivity index (χ1n) is 12.1. The van der Waals surface area contributed by atoms with E-state index in [2.05, 4.69) is 53.8 Å². The molecular weight excluding hydrogens is 448 g/mol. The number of hydrogen-bond acceptors (Lipinski definition) is 5. The smallest absolute Gasteiger partial charge is 0.251 e. The van der Waals surface area contributed by atoms with E-state index in [-0.39, 0.29) is 29.3 Å². The van der Waals surface area contributed by atoms with Gasteiger partial charge in [0.2, 0.25) is 0 Å². The van der Waals surface area contributed by atoms with Crippen LogP contribution in [0.1, 0.15) is 49.5 Å². The zero-order valence-corrected chi connectivity index (χ0v) is 21.5. The zero-order chi connectivity index (χ0) is 23.3. The fourth-order valence-electron chi connectivity index (χ4n) is 4.60. The van der Waals surface area contributed by atoms with Gasteiger partial charge in [-0.3, -0.25) is 9.69 Å². The average molecular weight is 487 g/mol. The Morgan fingerprint density at radius 2 is 1.62 bits per heavy atom. The summed E-state index contributed by atoms with van der Waals surface area (Å²) in [5.74, 6) is 1.48. The van der Waals surface area contributed by atoms with Crippen LogP contribution in [0.4, 0.5) is 0 Å². The van der Waals surface area contributed by atoms with Crippen molar-refractivity contribution in [1.29, 1.82) is 0 Å². The van der Waals surface area contributed by atoms with E-state index in [0.29, 0.717) is 12.1 Å².